The van der Waals surface area contributed by atoms with Gasteiger partial charge in [0.2, 0.25) is 5.91 Å². The highest BCUT2D eigenvalue weighted by Gasteiger charge is 2.23. The molecule has 1 N–H and O–H groups in total. The molecule has 24 heavy (non-hydrogen) atoms. The van der Waals surface area contributed by atoms with Gasteiger partial charge in [-0.2, -0.15) is 0 Å². The van der Waals surface area contributed by atoms with Gasteiger partial charge in [-0.15, -0.1) is 0 Å². The number of aromatic amines is 1. The molecule has 1 amide bonds. The highest BCUT2D eigenvalue weighted by Crippen LogP contribution is 2.27. The Morgan fingerprint density at radius 1 is 1.12 bits per heavy atom. The molecule has 7 nitrogen and oxygen atoms in total. The zero-order valence-electron chi connectivity index (χ0n) is 13.4. The van der Waals surface area contributed by atoms with E-state index in [1.54, 1.807) is 12.4 Å². The van der Waals surface area contributed by atoms with Gasteiger partial charge < -0.3 is 4.90 Å². The Bertz CT molecular complexity index is 804. The first-order valence-corrected chi connectivity index (χ1v) is 8.11. The lowest BCUT2D eigenvalue weighted by atomic mass is 9.90. The number of nitrogens with one attached hydrogen (secondary N) is 1. The molecule has 2 aromatic heterocycles. The first kappa shape index (κ1) is 16.2. The molecule has 0 spiro atoms. The average Bonchev–Trinajstić information content (AvgIpc) is 2.63. The SMILES string of the molecule is O=C(CCn1[nH]c(=O)ccc1=O)N1CCC(c2ccncc2)CC1. The number of piperidine rings is 1. The molecule has 1 saturated heterocycles. The van der Waals surface area contributed by atoms with Crippen molar-refractivity contribution in [1.82, 2.24) is 19.7 Å². The highest BCUT2D eigenvalue weighted by molar-refractivity contribution is 5.76. The molecule has 1 fully saturated rings. The fraction of sp³-hybridized carbons (Fsp3) is 0.412. The van der Waals surface area contributed by atoms with Crippen LogP contribution in [0.2, 0.25) is 0 Å². The van der Waals surface area contributed by atoms with Crippen molar-refractivity contribution in [2.45, 2.75) is 31.7 Å². The van der Waals surface area contributed by atoms with Crippen LogP contribution in [0.3, 0.4) is 0 Å². The van der Waals surface area contributed by atoms with Gasteiger partial charge in [0.1, 0.15) is 0 Å². The van der Waals surface area contributed by atoms with E-state index < -0.39 is 0 Å². The lowest BCUT2D eigenvalue weighted by Gasteiger charge is -2.32. The molecule has 7 heteroatoms. The molecule has 1 aliphatic heterocycles. The third-order valence-electron chi connectivity index (χ3n) is 4.46. The molecule has 3 heterocycles. The van der Waals surface area contributed by atoms with E-state index in [-0.39, 0.29) is 30.0 Å². The molecule has 126 valence electrons. The number of carbonyl (C=O) groups excluding carboxylic acids is 1. The third kappa shape index (κ3) is 3.79. The number of nitrogens with zero attached hydrogens (tertiary/aromatic N) is 3. The Morgan fingerprint density at radius 3 is 2.54 bits per heavy atom. The quantitative estimate of drug-likeness (QED) is 0.896. The fourth-order valence-electron chi connectivity index (χ4n) is 3.09. The van der Waals surface area contributed by atoms with Gasteiger partial charge in [0, 0.05) is 44.0 Å². The van der Waals surface area contributed by atoms with Crippen molar-refractivity contribution in [3.63, 3.8) is 0 Å². The zero-order chi connectivity index (χ0) is 16.9. The van der Waals surface area contributed by atoms with Crippen molar-refractivity contribution in [2.24, 2.45) is 0 Å². The molecule has 2 aromatic rings. The van der Waals surface area contributed by atoms with Crippen LogP contribution >= 0.6 is 0 Å². The van der Waals surface area contributed by atoms with E-state index in [0.29, 0.717) is 19.0 Å². The fourth-order valence-corrected chi connectivity index (χ4v) is 3.09. The molecule has 0 unspecified atom stereocenters. The predicted octanol–water partition coefficient (Wildman–Crippen LogP) is 0.728. The lowest BCUT2D eigenvalue weighted by molar-refractivity contribution is -0.132. The number of likely N-dealkylation sites (tertiary alicyclic amines) is 1. The number of rotatable bonds is 4. The maximum atomic E-state index is 12.3. The van der Waals surface area contributed by atoms with Crippen LogP contribution in [0, 0.1) is 0 Å². The first-order chi connectivity index (χ1) is 11.6. The van der Waals surface area contributed by atoms with Crippen LogP contribution in [0.4, 0.5) is 0 Å². The molecule has 0 bridgehead atoms. The summed E-state index contributed by atoms with van der Waals surface area (Å²) in [5.74, 6) is 0.477. The first-order valence-electron chi connectivity index (χ1n) is 8.11. The Balaban J connectivity index is 1.53. The minimum absolute atomic E-state index is 0.0137. The van der Waals surface area contributed by atoms with Crippen LogP contribution in [-0.4, -0.2) is 38.7 Å². The van der Waals surface area contributed by atoms with E-state index in [1.165, 1.54) is 22.4 Å². The summed E-state index contributed by atoms with van der Waals surface area (Å²) < 4.78 is 1.18. The zero-order valence-corrected chi connectivity index (χ0v) is 13.4. The summed E-state index contributed by atoms with van der Waals surface area (Å²) in [4.78, 5) is 41.1. The number of hydrogen-bond donors (Lipinski definition) is 1. The van der Waals surface area contributed by atoms with Crippen molar-refractivity contribution in [3.05, 3.63) is 62.9 Å². The molecule has 0 saturated carbocycles. The number of amides is 1. The number of H-pyrrole nitrogens is 1. The molecule has 0 atom stereocenters. The summed E-state index contributed by atoms with van der Waals surface area (Å²) in [7, 11) is 0. The summed E-state index contributed by atoms with van der Waals surface area (Å²) in [6, 6.07) is 6.45. The molecule has 3 rings (SSSR count). The molecule has 0 radical (unpaired) electrons. The normalized spacial score (nSPS) is 15.4. The van der Waals surface area contributed by atoms with Crippen LogP contribution < -0.4 is 11.1 Å². The average molecular weight is 328 g/mol. The van der Waals surface area contributed by atoms with E-state index in [2.05, 4.69) is 10.1 Å². The Morgan fingerprint density at radius 2 is 1.83 bits per heavy atom. The van der Waals surface area contributed by atoms with Gasteiger partial charge in [-0.25, -0.2) is 4.68 Å². The summed E-state index contributed by atoms with van der Waals surface area (Å²) in [6.07, 6.45) is 5.66. The van der Waals surface area contributed by atoms with Crippen LogP contribution in [0.5, 0.6) is 0 Å². The van der Waals surface area contributed by atoms with Crippen molar-refractivity contribution in [1.29, 1.82) is 0 Å². The topological polar surface area (TPSA) is 88.1 Å². The molecule has 0 aromatic carbocycles. The van der Waals surface area contributed by atoms with Gasteiger partial charge in [-0.05, 0) is 36.5 Å². The van der Waals surface area contributed by atoms with E-state index >= 15 is 0 Å². The molecule has 0 aliphatic carbocycles. The largest absolute Gasteiger partial charge is 0.343 e. The van der Waals surface area contributed by atoms with Gasteiger partial charge in [-0.3, -0.25) is 24.5 Å². The Kier molecular flexibility index (Phi) is 4.88. The van der Waals surface area contributed by atoms with E-state index in [4.69, 9.17) is 0 Å². The maximum absolute atomic E-state index is 12.3. The number of hydrogen-bond acceptors (Lipinski definition) is 4. The molecule has 1 aliphatic rings. The van der Waals surface area contributed by atoms with Crippen molar-refractivity contribution >= 4 is 5.91 Å². The second-order valence-electron chi connectivity index (χ2n) is 5.98. The maximum Gasteiger partial charge on any atom is 0.265 e. The van der Waals surface area contributed by atoms with Gasteiger partial charge >= 0.3 is 0 Å². The van der Waals surface area contributed by atoms with Crippen LogP contribution in [0.25, 0.3) is 0 Å². The van der Waals surface area contributed by atoms with Crippen LogP contribution in [0.15, 0.2) is 46.2 Å². The summed E-state index contributed by atoms with van der Waals surface area (Å²) in [6.45, 7) is 1.62. The van der Waals surface area contributed by atoms with Crippen molar-refractivity contribution in [3.8, 4) is 0 Å². The summed E-state index contributed by atoms with van der Waals surface area (Å²) >= 11 is 0. The third-order valence-corrected chi connectivity index (χ3v) is 4.46. The Labute approximate surface area is 138 Å². The van der Waals surface area contributed by atoms with Crippen LogP contribution in [-0.2, 0) is 11.3 Å². The van der Waals surface area contributed by atoms with Gasteiger partial charge in [0.25, 0.3) is 11.1 Å². The van der Waals surface area contributed by atoms with E-state index in [0.717, 1.165) is 12.8 Å². The molecular formula is C17H20N4O3. The summed E-state index contributed by atoms with van der Waals surface area (Å²) in [5, 5.41) is 2.43. The number of aromatic nitrogens is 3. The number of aryl methyl sites for hydroxylation is 1. The second-order valence-corrected chi connectivity index (χ2v) is 5.98. The van der Waals surface area contributed by atoms with Gasteiger partial charge in [-0.1, -0.05) is 0 Å². The predicted molar refractivity (Wildman–Crippen MR) is 88.7 cm³/mol. The monoisotopic (exact) mass is 328 g/mol. The van der Waals surface area contributed by atoms with Crippen LogP contribution in [0.1, 0.15) is 30.7 Å². The smallest absolute Gasteiger partial charge is 0.265 e. The highest BCUT2D eigenvalue weighted by atomic mass is 16.2. The Hall–Kier alpha value is -2.70. The van der Waals surface area contributed by atoms with Crippen molar-refractivity contribution in [2.75, 3.05) is 13.1 Å². The van der Waals surface area contributed by atoms with Gasteiger partial charge in [0.05, 0.1) is 6.54 Å². The van der Waals surface area contributed by atoms with E-state index in [9.17, 15) is 14.4 Å². The van der Waals surface area contributed by atoms with Crippen molar-refractivity contribution < 1.29 is 4.79 Å². The van der Waals surface area contributed by atoms with E-state index in [1.807, 2.05) is 17.0 Å². The minimum Gasteiger partial charge on any atom is -0.343 e. The standard InChI is InChI=1S/C17H20N4O3/c22-15-1-2-17(24)21(19-15)12-7-16(23)20-10-5-14(6-11-20)13-3-8-18-9-4-13/h1-4,8-9,14H,5-7,10-12H2,(H,19,22). The molecular weight excluding hydrogens is 308 g/mol. The second kappa shape index (κ2) is 7.25. The summed E-state index contributed by atoms with van der Waals surface area (Å²) in [5.41, 5.74) is 0.615. The lowest BCUT2D eigenvalue weighted by Crippen LogP contribution is -2.39. The number of carbonyl (C=O) groups is 1. The minimum atomic E-state index is -0.347. The number of pyridine rings is 1. The van der Waals surface area contributed by atoms with Gasteiger partial charge in [0.15, 0.2) is 0 Å².